The van der Waals surface area contributed by atoms with Crippen molar-refractivity contribution in [3.05, 3.63) is 27.7 Å². The molecule has 0 bridgehead atoms. The fraction of sp³-hybridized carbons (Fsp3) is 0.385. The number of hydrogen-bond acceptors (Lipinski definition) is 2. The van der Waals surface area contributed by atoms with Crippen LogP contribution >= 0.6 is 23.2 Å². The molecule has 0 radical (unpaired) electrons. The van der Waals surface area contributed by atoms with Crippen molar-refractivity contribution in [1.82, 2.24) is 0 Å². The Morgan fingerprint density at radius 2 is 1.89 bits per heavy atom. The third kappa shape index (κ3) is 3.61. The normalized spacial score (nSPS) is 11.2. The molecule has 19 heavy (non-hydrogen) atoms. The monoisotopic (exact) mass is 303 g/mol. The standard InChI is InChI=1S/C13H15Cl2NO3/c1-4-13(2,3)12(19)16-10-8(11(17)18)5-7(14)6-9(10)15/h5-6H,4H2,1-3H3,(H,16,19)(H,17,18). The van der Waals surface area contributed by atoms with Gasteiger partial charge in [-0.15, -0.1) is 0 Å². The van der Waals surface area contributed by atoms with E-state index in [4.69, 9.17) is 28.3 Å². The highest BCUT2D eigenvalue weighted by Gasteiger charge is 2.27. The molecule has 1 aromatic rings. The van der Waals surface area contributed by atoms with Crippen LogP contribution in [0.15, 0.2) is 12.1 Å². The van der Waals surface area contributed by atoms with Gasteiger partial charge in [0, 0.05) is 10.4 Å². The number of hydrogen-bond donors (Lipinski definition) is 2. The minimum Gasteiger partial charge on any atom is -0.478 e. The lowest BCUT2D eigenvalue weighted by molar-refractivity contribution is -0.124. The molecule has 1 rings (SSSR count). The van der Waals surface area contributed by atoms with Crippen molar-refractivity contribution in [3.8, 4) is 0 Å². The van der Waals surface area contributed by atoms with E-state index in [1.54, 1.807) is 13.8 Å². The molecule has 1 aromatic carbocycles. The van der Waals surface area contributed by atoms with Gasteiger partial charge < -0.3 is 10.4 Å². The zero-order chi connectivity index (χ0) is 14.8. The van der Waals surface area contributed by atoms with E-state index in [1.165, 1.54) is 12.1 Å². The summed E-state index contributed by atoms with van der Waals surface area (Å²) in [7, 11) is 0. The van der Waals surface area contributed by atoms with Crippen LogP contribution in [-0.4, -0.2) is 17.0 Å². The number of aromatic carboxylic acids is 1. The van der Waals surface area contributed by atoms with E-state index in [0.717, 1.165) is 0 Å². The molecule has 0 aliphatic carbocycles. The lowest BCUT2D eigenvalue weighted by atomic mass is 9.89. The molecule has 2 N–H and O–H groups in total. The number of benzene rings is 1. The zero-order valence-electron chi connectivity index (χ0n) is 10.9. The minimum absolute atomic E-state index is 0.0742. The molecule has 0 fully saturated rings. The fourth-order valence-corrected chi connectivity index (χ4v) is 1.85. The molecule has 0 heterocycles. The predicted molar refractivity (Wildman–Crippen MR) is 76.1 cm³/mol. The Hall–Kier alpha value is -1.26. The Balaban J connectivity index is 3.21. The van der Waals surface area contributed by atoms with Gasteiger partial charge in [-0.05, 0) is 18.6 Å². The largest absolute Gasteiger partial charge is 0.478 e. The van der Waals surface area contributed by atoms with Crippen LogP contribution in [0.25, 0.3) is 0 Å². The van der Waals surface area contributed by atoms with Crippen molar-refractivity contribution >= 4 is 40.8 Å². The molecule has 0 atom stereocenters. The molecule has 0 aliphatic heterocycles. The highest BCUT2D eigenvalue weighted by molar-refractivity contribution is 6.37. The third-order valence-electron chi connectivity index (χ3n) is 3.02. The van der Waals surface area contributed by atoms with Gasteiger partial charge in [-0.1, -0.05) is 44.0 Å². The third-order valence-corrected chi connectivity index (χ3v) is 3.54. The molecule has 4 nitrogen and oxygen atoms in total. The number of nitrogens with one attached hydrogen (secondary N) is 1. The summed E-state index contributed by atoms with van der Waals surface area (Å²) in [6.45, 7) is 5.42. The first-order chi connectivity index (χ1) is 8.69. The molecule has 104 valence electrons. The molecule has 6 heteroatoms. The molecule has 1 amide bonds. The topological polar surface area (TPSA) is 66.4 Å². The summed E-state index contributed by atoms with van der Waals surface area (Å²) in [6.07, 6.45) is 0.618. The van der Waals surface area contributed by atoms with Gasteiger partial charge in [-0.25, -0.2) is 4.79 Å². The minimum atomic E-state index is -1.20. The number of carbonyl (C=O) groups is 2. The number of anilines is 1. The first-order valence-electron chi connectivity index (χ1n) is 5.73. The first kappa shape index (κ1) is 15.8. The van der Waals surface area contributed by atoms with Crippen molar-refractivity contribution in [2.45, 2.75) is 27.2 Å². The van der Waals surface area contributed by atoms with Crippen LogP contribution < -0.4 is 5.32 Å². The van der Waals surface area contributed by atoms with Gasteiger partial charge in [0.1, 0.15) is 0 Å². The van der Waals surface area contributed by atoms with E-state index in [-0.39, 0.29) is 27.2 Å². The summed E-state index contributed by atoms with van der Waals surface area (Å²) in [5.74, 6) is -1.49. The summed E-state index contributed by atoms with van der Waals surface area (Å²) < 4.78 is 0. The molecule has 0 spiro atoms. The molecule has 0 unspecified atom stereocenters. The van der Waals surface area contributed by atoms with Gasteiger partial charge in [0.05, 0.1) is 16.3 Å². The fourth-order valence-electron chi connectivity index (χ4n) is 1.31. The van der Waals surface area contributed by atoms with E-state index in [0.29, 0.717) is 6.42 Å². The van der Waals surface area contributed by atoms with Gasteiger partial charge in [0.2, 0.25) is 5.91 Å². The first-order valence-corrected chi connectivity index (χ1v) is 6.48. The quantitative estimate of drug-likeness (QED) is 0.881. The van der Waals surface area contributed by atoms with Crippen LogP contribution in [0.5, 0.6) is 0 Å². The smallest absolute Gasteiger partial charge is 0.337 e. The van der Waals surface area contributed by atoms with E-state index < -0.39 is 11.4 Å². The van der Waals surface area contributed by atoms with Gasteiger partial charge in [0.25, 0.3) is 0 Å². The highest BCUT2D eigenvalue weighted by atomic mass is 35.5. The Bertz CT molecular complexity index is 527. The van der Waals surface area contributed by atoms with Crippen LogP contribution in [-0.2, 0) is 4.79 Å². The summed E-state index contributed by atoms with van der Waals surface area (Å²) in [6, 6.07) is 2.65. The molecule has 0 aromatic heterocycles. The number of carboxylic acids is 1. The van der Waals surface area contributed by atoms with Crippen LogP contribution in [0.2, 0.25) is 10.0 Å². The summed E-state index contributed by atoms with van der Waals surface area (Å²) >= 11 is 11.7. The number of carbonyl (C=O) groups excluding carboxylic acids is 1. The van der Waals surface area contributed by atoms with Crippen molar-refractivity contribution < 1.29 is 14.7 Å². The van der Waals surface area contributed by atoms with Crippen LogP contribution in [0.1, 0.15) is 37.6 Å². The highest BCUT2D eigenvalue weighted by Crippen LogP contribution is 2.32. The van der Waals surface area contributed by atoms with Crippen molar-refractivity contribution in [2.75, 3.05) is 5.32 Å². The predicted octanol–water partition coefficient (Wildman–Crippen LogP) is 4.07. The Morgan fingerprint density at radius 3 is 2.37 bits per heavy atom. The lowest BCUT2D eigenvalue weighted by Crippen LogP contribution is -2.30. The lowest BCUT2D eigenvalue weighted by Gasteiger charge is -2.22. The van der Waals surface area contributed by atoms with Crippen LogP contribution in [0.4, 0.5) is 5.69 Å². The number of rotatable bonds is 4. The van der Waals surface area contributed by atoms with Gasteiger partial charge in [-0.2, -0.15) is 0 Å². The molecule has 0 saturated carbocycles. The second-order valence-electron chi connectivity index (χ2n) is 4.81. The maximum absolute atomic E-state index is 12.1. The number of amides is 1. The molecule has 0 saturated heterocycles. The van der Waals surface area contributed by atoms with Crippen molar-refractivity contribution in [3.63, 3.8) is 0 Å². The van der Waals surface area contributed by atoms with Crippen LogP contribution in [0.3, 0.4) is 0 Å². The number of halogens is 2. The SMILES string of the molecule is CCC(C)(C)C(=O)Nc1c(Cl)cc(Cl)cc1C(=O)O. The van der Waals surface area contributed by atoms with Crippen LogP contribution in [0, 0.1) is 5.41 Å². The Morgan fingerprint density at radius 1 is 1.32 bits per heavy atom. The number of carboxylic acid groups (broad SMARTS) is 1. The average molecular weight is 304 g/mol. The maximum Gasteiger partial charge on any atom is 0.337 e. The molecular weight excluding hydrogens is 289 g/mol. The second-order valence-corrected chi connectivity index (χ2v) is 5.65. The molecule has 0 aliphatic rings. The van der Waals surface area contributed by atoms with Gasteiger partial charge in [-0.3, -0.25) is 4.79 Å². The van der Waals surface area contributed by atoms with Crippen molar-refractivity contribution in [1.29, 1.82) is 0 Å². The van der Waals surface area contributed by atoms with E-state index in [1.807, 2.05) is 6.92 Å². The Kier molecular flexibility index (Phi) is 4.82. The summed E-state index contributed by atoms with van der Waals surface area (Å²) in [4.78, 5) is 23.2. The summed E-state index contributed by atoms with van der Waals surface area (Å²) in [5.41, 5.74) is -0.665. The van der Waals surface area contributed by atoms with Gasteiger partial charge >= 0.3 is 5.97 Å². The Labute approximate surface area is 121 Å². The van der Waals surface area contributed by atoms with E-state index >= 15 is 0 Å². The van der Waals surface area contributed by atoms with E-state index in [9.17, 15) is 9.59 Å². The second kappa shape index (κ2) is 5.80. The van der Waals surface area contributed by atoms with Crippen molar-refractivity contribution in [2.24, 2.45) is 5.41 Å². The summed E-state index contributed by atoms with van der Waals surface area (Å²) in [5, 5.41) is 12.0. The maximum atomic E-state index is 12.1. The van der Waals surface area contributed by atoms with Gasteiger partial charge in [0.15, 0.2) is 0 Å². The van der Waals surface area contributed by atoms with E-state index in [2.05, 4.69) is 5.32 Å². The average Bonchev–Trinajstić information content (AvgIpc) is 2.31. The zero-order valence-corrected chi connectivity index (χ0v) is 12.4. The molecular formula is C13H15Cl2NO3.